The first kappa shape index (κ1) is 16.9. The molecule has 0 bridgehead atoms. The van der Waals surface area contributed by atoms with Crippen LogP contribution in [0.25, 0.3) is 0 Å². The molecule has 0 unspecified atom stereocenters. The standard InChI is InChI=1S/C13H28O3S/c1-8-9-13(10(2)3,11(4)5)17(14,15)16-12(6)7/h10-12H,8-9H2,1-7H3. The molecule has 0 amide bonds. The van der Waals surface area contributed by atoms with Crippen LogP contribution in [0.2, 0.25) is 0 Å². The van der Waals surface area contributed by atoms with Gasteiger partial charge in [-0.15, -0.1) is 0 Å². The van der Waals surface area contributed by atoms with Gasteiger partial charge in [0.15, 0.2) is 0 Å². The van der Waals surface area contributed by atoms with Gasteiger partial charge in [0, 0.05) is 0 Å². The highest BCUT2D eigenvalue weighted by Crippen LogP contribution is 2.40. The van der Waals surface area contributed by atoms with E-state index in [1.807, 2.05) is 34.6 Å². The molecule has 17 heavy (non-hydrogen) atoms. The summed E-state index contributed by atoms with van der Waals surface area (Å²) in [5.74, 6) is 0.0948. The van der Waals surface area contributed by atoms with Crippen molar-refractivity contribution >= 4 is 10.1 Å². The third-order valence-corrected chi connectivity index (χ3v) is 6.10. The highest BCUT2D eigenvalue weighted by atomic mass is 32.2. The molecule has 4 heteroatoms. The molecule has 0 rings (SSSR count). The van der Waals surface area contributed by atoms with E-state index in [9.17, 15) is 8.42 Å². The van der Waals surface area contributed by atoms with Crippen LogP contribution in [-0.4, -0.2) is 19.3 Å². The van der Waals surface area contributed by atoms with Crippen molar-refractivity contribution in [3.8, 4) is 0 Å². The van der Waals surface area contributed by atoms with E-state index in [4.69, 9.17) is 4.18 Å². The molecule has 0 saturated carbocycles. The van der Waals surface area contributed by atoms with E-state index in [0.717, 1.165) is 6.42 Å². The first-order chi connectivity index (χ1) is 7.61. The maximum absolute atomic E-state index is 12.5. The van der Waals surface area contributed by atoms with Crippen molar-refractivity contribution in [1.82, 2.24) is 0 Å². The van der Waals surface area contributed by atoms with E-state index in [2.05, 4.69) is 0 Å². The van der Waals surface area contributed by atoms with Gasteiger partial charge in [-0.05, 0) is 32.1 Å². The Balaban J connectivity index is 5.58. The Bertz CT molecular complexity index is 308. The van der Waals surface area contributed by atoms with Crippen LogP contribution >= 0.6 is 0 Å². The Labute approximate surface area is 107 Å². The average molecular weight is 264 g/mol. The van der Waals surface area contributed by atoms with Gasteiger partial charge in [-0.3, -0.25) is 4.18 Å². The van der Waals surface area contributed by atoms with Crippen LogP contribution in [0.1, 0.15) is 61.3 Å². The van der Waals surface area contributed by atoms with E-state index >= 15 is 0 Å². The third-order valence-electron chi connectivity index (χ3n) is 3.38. The minimum Gasteiger partial charge on any atom is -0.267 e. The molecular weight excluding hydrogens is 236 g/mol. The second-order valence-corrected chi connectivity index (χ2v) is 7.47. The molecule has 3 nitrogen and oxygen atoms in total. The van der Waals surface area contributed by atoms with E-state index < -0.39 is 14.9 Å². The van der Waals surface area contributed by atoms with E-state index in [1.165, 1.54) is 0 Å². The van der Waals surface area contributed by atoms with Crippen molar-refractivity contribution in [3.05, 3.63) is 0 Å². The molecule has 0 aliphatic heterocycles. The quantitative estimate of drug-likeness (QED) is 0.660. The maximum Gasteiger partial charge on any atom is 0.273 e. The minimum absolute atomic E-state index is 0.0474. The van der Waals surface area contributed by atoms with Crippen molar-refractivity contribution in [2.75, 3.05) is 0 Å². The summed E-state index contributed by atoms with van der Waals surface area (Å²) in [4.78, 5) is 0. The Kier molecular flexibility index (Phi) is 6.15. The highest BCUT2D eigenvalue weighted by molar-refractivity contribution is 7.88. The molecule has 0 atom stereocenters. The van der Waals surface area contributed by atoms with Crippen molar-refractivity contribution < 1.29 is 12.6 Å². The number of hydrogen-bond acceptors (Lipinski definition) is 3. The summed E-state index contributed by atoms with van der Waals surface area (Å²) < 4.78 is 29.5. The summed E-state index contributed by atoms with van der Waals surface area (Å²) in [6.45, 7) is 13.4. The predicted octanol–water partition coefficient (Wildman–Crippen LogP) is 3.59. The lowest BCUT2D eigenvalue weighted by Gasteiger charge is -2.40. The van der Waals surface area contributed by atoms with Crippen molar-refractivity contribution in [2.45, 2.75) is 72.2 Å². The Morgan fingerprint density at radius 3 is 1.65 bits per heavy atom. The third kappa shape index (κ3) is 3.44. The first-order valence-corrected chi connectivity index (χ1v) is 7.95. The molecule has 0 spiro atoms. The molecule has 0 aromatic carbocycles. The summed E-state index contributed by atoms with van der Waals surface area (Å²) in [5, 5.41) is 0. The molecule has 0 fully saturated rings. The minimum atomic E-state index is -3.54. The topological polar surface area (TPSA) is 43.4 Å². The van der Waals surface area contributed by atoms with Gasteiger partial charge in [-0.2, -0.15) is 8.42 Å². The lowest BCUT2D eigenvalue weighted by atomic mass is 9.81. The van der Waals surface area contributed by atoms with Gasteiger partial charge in [-0.1, -0.05) is 41.0 Å². The van der Waals surface area contributed by atoms with Crippen LogP contribution in [0.3, 0.4) is 0 Å². The summed E-state index contributed by atoms with van der Waals surface area (Å²) in [5.41, 5.74) is 0. The number of rotatable bonds is 7. The van der Waals surface area contributed by atoms with Crippen LogP contribution in [0, 0.1) is 11.8 Å². The largest absolute Gasteiger partial charge is 0.273 e. The Hall–Kier alpha value is -0.0900. The first-order valence-electron chi connectivity index (χ1n) is 6.54. The van der Waals surface area contributed by atoms with Gasteiger partial charge >= 0.3 is 0 Å². The normalized spacial score (nSPS) is 14.0. The molecule has 0 aliphatic carbocycles. The van der Waals surface area contributed by atoms with Crippen LogP contribution in [0.4, 0.5) is 0 Å². The van der Waals surface area contributed by atoms with Crippen molar-refractivity contribution in [3.63, 3.8) is 0 Å². The highest BCUT2D eigenvalue weighted by Gasteiger charge is 2.49. The van der Waals surface area contributed by atoms with Gasteiger partial charge in [0.2, 0.25) is 0 Å². The zero-order chi connectivity index (χ0) is 13.9. The molecule has 0 aliphatic rings. The molecule has 0 radical (unpaired) electrons. The maximum atomic E-state index is 12.5. The molecule has 0 aromatic rings. The van der Waals surface area contributed by atoms with Crippen LogP contribution in [-0.2, 0) is 14.3 Å². The van der Waals surface area contributed by atoms with Crippen molar-refractivity contribution in [2.24, 2.45) is 11.8 Å². The smallest absolute Gasteiger partial charge is 0.267 e. The lowest BCUT2D eigenvalue weighted by molar-refractivity contribution is 0.199. The Morgan fingerprint density at radius 2 is 1.41 bits per heavy atom. The number of hydrogen-bond donors (Lipinski definition) is 0. The van der Waals surface area contributed by atoms with E-state index in [-0.39, 0.29) is 17.9 Å². The van der Waals surface area contributed by atoms with Gasteiger partial charge in [0.25, 0.3) is 10.1 Å². The fourth-order valence-corrected chi connectivity index (χ4v) is 4.97. The molecule has 104 valence electrons. The predicted molar refractivity (Wildman–Crippen MR) is 72.5 cm³/mol. The van der Waals surface area contributed by atoms with Gasteiger partial charge in [0.05, 0.1) is 6.10 Å². The van der Waals surface area contributed by atoms with E-state index in [0.29, 0.717) is 6.42 Å². The summed E-state index contributed by atoms with van der Waals surface area (Å²) in [6.07, 6.45) is 1.20. The fraction of sp³-hybridized carbons (Fsp3) is 1.00. The SMILES string of the molecule is CCCC(C(C)C)(C(C)C)S(=O)(=O)OC(C)C. The average Bonchev–Trinajstić information content (AvgIpc) is 2.09. The van der Waals surface area contributed by atoms with Crippen LogP contribution < -0.4 is 0 Å². The summed E-state index contributed by atoms with van der Waals surface area (Å²) >= 11 is 0. The molecule has 0 N–H and O–H groups in total. The summed E-state index contributed by atoms with van der Waals surface area (Å²) in [6, 6.07) is 0. The van der Waals surface area contributed by atoms with Crippen LogP contribution in [0.15, 0.2) is 0 Å². The molecule has 0 saturated heterocycles. The van der Waals surface area contributed by atoms with Crippen LogP contribution in [0.5, 0.6) is 0 Å². The van der Waals surface area contributed by atoms with Crippen molar-refractivity contribution in [1.29, 1.82) is 0 Å². The van der Waals surface area contributed by atoms with Gasteiger partial charge in [0.1, 0.15) is 4.75 Å². The van der Waals surface area contributed by atoms with Gasteiger partial charge < -0.3 is 0 Å². The lowest BCUT2D eigenvalue weighted by Crippen LogP contribution is -2.49. The molecule has 0 heterocycles. The Morgan fingerprint density at radius 1 is 1.00 bits per heavy atom. The van der Waals surface area contributed by atoms with Gasteiger partial charge in [-0.25, -0.2) is 0 Å². The fourth-order valence-electron chi connectivity index (χ4n) is 2.68. The molecule has 0 aromatic heterocycles. The second kappa shape index (κ2) is 6.19. The van der Waals surface area contributed by atoms with E-state index in [1.54, 1.807) is 13.8 Å². The summed E-state index contributed by atoms with van der Waals surface area (Å²) in [7, 11) is -3.54. The monoisotopic (exact) mass is 264 g/mol. The second-order valence-electron chi connectivity index (χ2n) is 5.61. The zero-order valence-corrected chi connectivity index (χ0v) is 13.1. The zero-order valence-electron chi connectivity index (χ0n) is 12.3. The molecular formula is C13H28O3S.